The second-order valence-electron chi connectivity index (χ2n) is 8.78. The fourth-order valence-electron chi connectivity index (χ4n) is 5.81. The topological polar surface area (TPSA) is 58.4 Å². The Morgan fingerprint density at radius 1 is 1.10 bits per heavy atom. The number of imidazole rings is 1. The third-order valence-electron chi connectivity index (χ3n) is 7.27. The van der Waals surface area contributed by atoms with Crippen molar-refractivity contribution in [2.24, 2.45) is 5.92 Å². The number of aromatic nitrogens is 2. The zero-order valence-electron chi connectivity index (χ0n) is 16.7. The normalized spacial score (nSPS) is 29.2. The van der Waals surface area contributed by atoms with Gasteiger partial charge in [0, 0.05) is 25.0 Å². The maximum Gasteiger partial charge on any atom is 0.290 e. The van der Waals surface area contributed by atoms with Crippen molar-refractivity contribution in [2.75, 3.05) is 6.54 Å². The number of likely N-dealkylation sites (tertiary alicyclic amines) is 1. The van der Waals surface area contributed by atoms with Gasteiger partial charge in [0.05, 0.1) is 11.3 Å². The molecule has 1 aliphatic carbocycles. The van der Waals surface area contributed by atoms with Crippen LogP contribution in [-0.4, -0.2) is 38.1 Å². The van der Waals surface area contributed by atoms with Gasteiger partial charge in [0.25, 0.3) is 5.91 Å². The number of hydrogen-bond acceptors (Lipinski definition) is 3. The van der Waals surface area contributed by atoms with E-state index >= 15 is 0 Å². The van der Waals surface area contributed by atoms with Crippen molar-refractivity contribution in [1.29, 1.82) is 0 Å². The number of aliphatic hydroxyl groups is 1. The van der Waals surface area contributed by atoms with Gasteiger partial charge < -0.3 is 14.6 Å². The van der Waals surface area contributed by atoms with E-state index in [9.17, 15) is 9.90 Å². The zero-order chi connectivity index (χ0) is 20.0. The van der Waals surface area contributed by atoms with Crippen LogP contribution in [-0.2, 0) is 18.6 Å². The van der Waals surface area contributed by atoms with Crippen LogP contribution in [0.4, 0.5) is 0 Å². The first-order valence-electron chi connectivity index (χ1n) is 10.9. The van der Waals surface area contributed by atoms with Crippen molar-refractivity contribution in [1.82, 2.24) is 14.5 Å². The Morgan fingerprint density at radius 2 is 1.90 bits per heavy atom. The van der Waals surface area contributed by atoms with E-state index in [0.717, 1.165) is 67.4 Å². The summed E-state index contributed by atoms with van der Waals surface area (Å²) in [7, 11) is 0. The van der Waals surface area contributed by atoms with Crippen LogP contribution in [0, 0.1) is 5.92 Å². The number of halogens is 1. The molecule has 2 aromatic rings. The molecule has 2 aliphatic heterocycles. The molecular formula is C23H28BrN3O2. The number of benzene rings is 1. The summed E-state index contributed by atoms with van der Waals surface area (Å²) >= 11 is 3.57. The molecule has 5 nitrogen and oxygen atoms in total. The molecular weight excluding hydrogens is 430 g/mol. The molecule has 29 heavy (non-hydrogen) atoms. The number of carbonyl (C=O) groups is 1. The molecule has 2 fully saturated rings. The van der Waals surface area contributed by atoms with Gasteiger partial charge in [-0.2, -0.15) is 0 Å². The van der Waals surface area contributed by atoms with Gasteiger partial charge in [-0.25, -0.2) is 4.98 Å². The molecule has 6 heteroatoms. The van der Waals surface area contributed by atoms with Crippen LogP contribution in [0.1, 0.15) is 66.8 Å². The molecule has 1 saturated carbocycles. The van der Waals surface area contributed by atoms with Crippen LogP contribution >= 0.6 is 15.9 Å². The lowest BCUT2D eigenvalue weighted by Crippen LogP contribution is -2.59. The summed E-state index contributed by atoms with van der Waals surface area (Å²) in [5.74, 6) is 0.683. The second kappa shape index (κ2) is 7.55. The minimum atomic E-state index is -0.851. The van der Waals surface area contributed by atoms with Gasteiger partial charge in [0.2, 0.25) is 5.82 Å². The Bertz CT molecular complexity index is 912. The minimum absolute atomic E-state index is 0.0332. The Labute approximate surface area is 180 Å². The molecule has 3 heterocycles. The first kappa shape index (κ1) is 19.3. The van der Waals surface area contributed by atoms with Gasteiger partial charge in [0.1, 0.15) is 4.60 Å². The molecule has 0 radical (unpaired) electrons. The van der Waals surface area contributed by atoms with E-state index in [4.69, 9.17) is 0 Å². The highest BCUT2D eigenvalue weighted by atomic mass is 79.9. The molecule has 0 bridgehead atoms. The van der Waals surface area contributed by atoms with Gasteiger partial charge in [-0.3, -0.25) is 4.79 Å². The van der Waals surface area contributed by atoms with Crippen molar-refractivity contribution in [3.8, 4) is 0 Å². The third kappa shape index (κ3) is 3.15. The minimum Gasteiger partial charge on any atom is -0.385 e. The fraction of sp³-hybridized carbons (Fsp3) is 0.565. The maximum absolute atomic E-state index is 13.6. The number of fused-ring (bicyclic) bond motifs is 2. The molecule has 3 aliphatic rings. The van der Waals surface area contributed by atoms with Crippen molar-refractivity contribution in [3.05, 3.63) is 52.0 Å². The van der Waals surface area contributed by atoms with Crippen molar-refractivity contribution in [3.63, 3.8) is 0 Å². The molecule has 1 N–H and O–H groups in total. The quantitative estimate of drug-likeness (QED) is 0.731. The Morgan fingerprint density at radius 3 is 2.72 bits per heavy atom. The average Bonchev–Trinajstić information content (AvgIpc) is 3.11. The van der Waals surface area contributed by atoms with Gasteiger partial charge in [-0.05, 0) is 60.0 Å². The molecule has 1 aromatic heterocycles. The predicted octanol–water partition coefficient (Wildman–Crippen LogP) is 4.27. The maximum atomic E-state index is 13.6. The molecule has 1 aromatic carbocycles. The highest BCUT2D eigenvalue weighted by molar-refractivity contribution is 9.10. The van der Waals surface area contributed by atoms with Crippen LogP contribution in [0.25, 0.3) is 0 Å². The number of rotatable bonds is 2. The molecule has 1 amide bonds. The molecule has 0 spiro atoms. The summed E-state index contributed by atoms with van der Waals surface area (Å²) < 4.78 is 2.93. The number of carbonyl (C=O) groups excluding carboxylic acids is 1. The van der Waals surface area contributed by atoms with E-state index in [2.05, 4.69) is 25.5 Å². The lowest BCUT2D eigenvalue weighted by molar-refractivity contribution is -0.110. The van der Waals surface area contributed by atoms with Crippen molar-refractivity contribution < 1.29 is 9.90 Å². The summed E-state index contributed by atoms with van der Waals surface area (Å²) in [6.07, 6.45) is 7.94. The summed E-state index contributed by atoms with van der Waals surface area (Å²) in [6.45, 7) is 1.44. The molecule has 5 rings (SSSR count). The van der Waals surface area contributed by atoms with E-state index in [-0.39, 0.29) is 17.9 Å². The monoisotopic (exact) mass is 457 g/mol. The molecule has 1 saturated heterocycles. The summed E-state index contributed by atoms with van der Waals surface area (Å²) in [5, 5.41) is 11.7. The Kier molecular flexibility index (Phi) is 5.03. The third-order valence-corrected chi connectivity index (χ3v) is 7.91. The molecule has 3 atom stereocenters. The van der Waals surface area contributed by atoms with Crippen LogP contribution in [0.5, 0.6) is 0 Å². The molecule has 0 unspecified atom stereocenters. The van der Waals surface area contributed by atoms with E-state index in [1.165, 1.54) is 0 Å². The smallest absolute Gasteiger partial charge is 0.290 e. The number of amides is 1. The largest absolute Gasteiger partial charge is 0.385 e. The number of piperidine rings is 1. The highest BCUT2D eigenvalue weighted by Crippen LogP contribution is 2.47. The van der Waals surface area contributed by atoms with Gasteiger partial charge >= 0.3 is 0 Å². The van der Waals surface area contributed by atoms with Crippen LogP contribution in [0.3, 0.4) is 0 Å². The first-order valence-corrected chi connectivity index (χ1v) is 11.7. The van der Waals surface area contributed by atoms with Crippen LogP contribution < -0.4 is 0 Å². The lowest BCUT2D eigenvalue weighted by atomic mass is 9.66. The van der Waals surface area contributed by atoms with Crippen molar-refractivity contribution in [2.45, 2.75) is 69.6 Å². The Hall–Kier alpha value is -1.66. The number of hydrogen-bond donors (Lipinski definition) is 1. The second-order valence-corrected chi connectivity index (χ2v) is 9.53. The zero-order valence-corrected chi connectivity index (χ0v) is 18.3. The van der Waals surface area contributed by atoms with Crippen molar-refractivity contribution >= 4 is 21.8 Å². The average molecular weight is 458 g/mol. The van der Waals surface area contributed by atoms with Crippen LogP contribution in [0.15, 0.2) is 34.9 Å². The number of nitrogens with zero attached hydrogens (tertiary/aromatic N) is 3. The molecule has 154 valence electrons. The highest BCUT2D eigenvalue weighted by Gasteiger charge is 2.50. The lowest BCUT2D eigenvalue weighted by Gasteiger charge is -2.52. The SMILES string of the molecule is O=C(c1nc(Br)c2n1CCCC2)N1CC[C@](O)(c2ccccc2)[C@H]2CCCC[C@H]21. The Balaban J connectivity index is 1.48. The van der Waals surface area contributed by atoms with E-state index < -0.39 is 5.60 Å². The predicted molar refractivity (Wildman–Crippen MR) is 115 cm³/mol. The first-order chi connectivity index (χ1) is 14.1. The van der Waals surface area contributed by atoms with Gasteiger partial charge in [0.15, 0.2) is 0 Å². The fourth-order valence-corrected chi connectivity index (χ4v) is 6.39. The summed E-state index contributed by atoms with van der Waals surface area (Å²) in [6, 6.07) is 10.1. The summed E-state index contributed by atoms with van der Waals surface area (Å²) in [5.41, 5.74) is 1.29. The standard InChI is InChI=1S/C23H28BrN3O2/c24-20-19-12-6-7-14-26(19)21(25-20)22(28)27-15-13-23(29,16-8-2-1-3-9-16)17-10-4-5-11-18(17)27/h1-3,8-9,17-18,29H,4-7,10-15H2/t17-,18+,23-/m0/s1. The van der Waals surface area contributed by atoms with E-state index in [1.54, 1.807) is 0 Å². The summed E-state index contributed by atoms with van der Waals surface area (Å²) in [4.78, 5) is 20.3. The van der Waals surface area contributed by atoms with Crippen LogP contribution in [0.2, 0.25) is 0 Å². The van der Waals surface area contributed by atoms with E-state index in [1.807, 2.05) is 35.2 Å². The van der Waals surface area contributed by atoms with Gasteiger partial charge in [-0.15, -0.1) is 0 Å². The van der Waals surface area contributed by atoms with Gasteiger partial charge in [-0.1, -0.05) is 43.2 Å². The van der Waals surface area contributed by atoms with E-state index in [0.29, 0.717) is 18.8 Å².